The van der Waals surface area contributed by atoms with Crippen molar-refractivity contribution in [3.05, 3.63) is 69.2 Å². The summed E-state index contributed by atoms with van der Waals surface area (Å²) in [5.41, 5.74) is 3.78. The molecule has 0 N–H and O–H groups in total. The number of benzene rings is 2. The Labute approximate surface area is 132 Å². The summed E-state index contributed by atoms with van der Waals surface area (Å²) in [6, 6.07) is 13.7. The molecule has 0 bridgehead atoms. The molecule has 1 aliphatic carbocycles. The molecule has 2 aromatic carbocycles. The van der Waals surface area contributed by atoms with E-state index >= 15 is 0 Å². The van der Waals surface area contributed by atoms with Gasteiger partial charge in [-0.3, -0.25) is 4.79 Å². The maximum atomic E-state index is 12.6. The van der Waals surface area contributed by atoms with Crippen LogP contribution >= 0.6 is 15.9 Å². The Morgan fingerprint density at radius 3 is 2.57 bits per heavy atom. The first-order chi connectivity index (χ1) is 10.2. The van der Waals surface area contributed by atoms with Gasteiger partial charge in [-0.15, -0.1) is 0 Å². The van der Waals surface area contributed by atoms with Gasteiger partial charge in [-0.25, -0.2) is 0 Å². The lowest BCUT2D eigenvalue weighted by atomic mass is 9.86. The lowest BCUT2D eigenvalue weighted by Gasteiger charge is -2.18. The van der Waals surface area contributed by atoms with Gasteiger partial charge in [0.1, 0.15) is 5.75 Å². The van der Waals surface area contributed by atoms with Gasteiger partial charge in [-0.1, -0.05) is 34.1 Å². The fraction of sp³-hybridized carbons (Fsp3) is 0.167. The number of carbonyl (C=O) groups is 1. The summed E-state index contributed by atoms with van der Waals surface area (Å²) in [6.07, 6.45) is 3.67. The van der Waals surface area contributed by atoms with Crippen LogP contribution in [0.4, 0.5) is 0 Å². The lowest BCUT2D eigenvalue weighted by molar-refractivity contribution is 0.102. The summed E-state index contributed by atoms with van der Waals surface area (Å²) >= 11 is 3.42. The van der Waals surface area contributed by atoms with Crippen molar-refractivity contribution in [1.82, 2.24) is 0 Å². The largest absolute Gasteiger partial charge is 0.497 e. The van der Waals surface area contributed by atoms with E-state index in [0.717, 1.165) is 45.3 Å². The molecule has 0 atom stereocenters. The van der Waals surface area contributed by atoms with Crippen molar-refractivity contribution in [2.75, 3.05) is 7.11 Å². The fourth-order valence-corrected chi connectivity index (χ4v) is 2.83. The molecule has 2 aromatic rings. The summed E-state index contributed by atoms with van der Waals surface area (Å²) in [5, 5.41) is 0. The molecule has 106 valence electrons. The Balaban J connectivity index is 1.96. The molecule has 0 heterocycles. The van der Waals surface area contributed by atoms with Crippen LogP contribution in [0.1, 0.15) is 27.9 Å². The van der Waals surface area contributed by atoms with Crippen LogP contribution < -0.4 is 4.74 Å². The van der Waals surface area contributed by atoms with Crippen molar-refractivity contribution < 1.29 is 9.53 Å². The molecule has 0 aliphatic heterocycles. The average molecular weight is 343 g/mol. The third kappa shape index (κ3) is 2.93. The third-order valence-corrected chi connectivity index (χ3v) is 4.26. The summed E-state index contributed by atoms with van der Waals surface area (Å²) in [4.78, 5) is 12.6. The van der Waals surface area contributed by atoms with Gasteiger partial charge in [0.15, 0.2) is 5.78 Å². The van der Waals surface area contributed by atoms with Crippen LogP contribution in [-0.2, 0) is 6.42 Å². The van der Waals surface area contributed by atoms with E-state index in [4.69, 9.17) is 4.74 Å². The van der Waals surface area contributed by atoms with Crippen LogP contribution in [0.3, 0.4) is 0 Å². The Bertz CT molecular complexity index is 714. The van der Waals surface area contributed by atoms with E-state index in [9.17, 15) is 4.79 Å². The number of Topliss-reactive ketones (excluding diaryl/α,β-unsaturated/α-hetero) is 1. The lowest BCUT2D eigenvalue weighted by Crippen LogP contribution is -2.14. The van der Waals surface area contributed by atoms with E-state index < -0.39 is 0 Å². The molecule has 2 nitrogen and oxygen atoms in total. The molecule has 0 saturated heterocycles. The highest BCUT2D eigenvalue weighted by Gasteiger charge is 2.22. The first-order valence-corrected chi connectivity index (χ1v) is 7.64. The molecule has 3 rings (SSSR count). The Morgan fingerprint density at radius 1 is 1.10 bits per heavy atom. The molecule has 0 amide bonds. The molecular weight excluding hydrogens is 328 g/mol. The predicted octanol–water partition coefficient (Wildman–Crippen LogP) is 4.67. The van der Waals surface area contributed by atoms with Crippen molar-refractivity contribution in [3.8, 4) is 5.75 Å². The van der Waals surface area contributed by atoms with E-state index in [1.165, 1.54) is 0 Å². The fourth-order valence-electron chi connectivity index (χ4n) is 2.57. The Hall–Kier alpha value is -1.87. The number of ether oxygens (including phenoxy) is 1. The normalized spacial score (nSPS) is 15.9. The highest BCUT2D eigenvalue weighted by Crippen LogP contribution is 2.29. The van der Waals surface area contributed by atoms with Crippen molar-refractivity contribution in [2.45, 2.75) is 12.8 Å². The molecule has 3 heteroatoms. The number of carbonyl (C=O) groups excluding carboxylic acids is 1. The van der Waals surface area contributed by atoms with Gasteiger partial charge in [0.05, 0.1) is 7.11 Å². The van der Waals surface area contributed by atoms with Crippen LogP contribution in [0.5, 0.6) is 5.75 Å². The minimum atomic E-state index is 0.109. The smallest absolute Gasteiger partial charge is 0.189 e. The van der Waals surface area contributed by atoms with Crippen LogP contribution in [0.2, 0.25) is 0 Å². The number of fused-ring (bicyclic) bond motifs is 1. The minimum absolute atomic E-state index is 0.109. The van der Waals surface area contributed by atoms with Gasteiger partial charge in [-0.05, 0) is 54.3 Å². The monoisotopic (exact) mass is 342 g/mol. The van der Waals surface area contributed by atoms with Gasteiger partial charge < -0.3 is 4.74 Å². The second kappa shape index (κ2) is 5.86. The number of ketones is 1. The molecule has 0 unspecified atom stereocenters. The highest BCUT2D eigenvalue weighted by atomic mass is 79.9. The molecule has 0 radical (unpaired) electrons. The van der Waals surface area contributed by atoms with Gasteiger partial charge in [0.2, 0.25) is 0 Å². The molecule has 0 aromatic heterocycles. The maximum absolute atomic E-state index is 12.6. The van der Waals surface area contributed by atoms with Crippen LogP contribution in [0, 0.1) is 0 Å². The Kier molecular flexibility index (Phi) is 3.93. The topological polar surface area (TPSA) is 26.3 Å². The summed E-state index contributed by atoms with van der Waals surface area (Å²) in [7, 11) is 1.62. The van der Waals surface area contributed by atoms with Crippen LogP contribution in [0.15, 0.2) is 52.5 Å². The molecule has 0 saturated carbocycles. The van der Waals surface area contributed by atoms with Gasteiger partial charge in [-0.2, -0.15) is 0 Å². The molecule has 0 spiro atoms. The van der Waals surface area contributed by atoms with E-state index in [-0.39, 0.29) is 5.78 Å². The van der Waals surface area contributed by atoms with Gasteiger partial charge in [0.25, 0.3) is 0 Å². The summed E-state index contributed by atoms with van der Waals surface area (Å²) < 4.78 is 6.26. The van der Waals surface area contributed by atoms with Crippen molar-refractivity contribution in [2.24, 2.45) is 0 Å². The zero-order chi connectivity index (χ0) is 14.8. The number of hydrogen-bond donors (Lipinski definition) is 0. The summed E-state index contributed by atoms with van der Waals surface area (Å²) in [6.45, 7) is 0. The minimum Gasteiger partial charge on any atom is -0.497 e. The zero-order valence-electron chi connectivity index (χ0n) is 11.7. The molecular formula is C18H15BrO2. The van der Waals surface area contributed by atoms with Crippen molar-refractivity contribution >= 4 is 27.8 Å². The summed E-state index contributed by atoms with van der Waals surface area (Å²) in [5.74, 6) is 0.838. The number of hydrogen-bond acceptors (Lipinski definition) is 2. The maximum Gasteiger partial charge on any atom is 0.189 e. The Morgan fingerprint density at radius 2 is 1.86 bits per heavy atom. The second-order valence-electron chi connectivity index (χ2n) is 5.07. The second-order valence-corrected chi connectivity index (χ2v) is 5.99. The molecule has 0 fully saturated rings. The van der Waals surface area contributed by atoms with Gasteiger partial charge >= 0.3 is 0 Å². The number of allylic oxidation sites excluding steroid dienone is 1. The molecule has 1 aliphatic rings. The van der Waals surface area contributed by atoms with E-state index in [0.29, 0.717) is 0 Å². The number of halogens is 1. The standard InChI is InChI=1S/C18H15BrO2/c1-21-16-9-6-13-4-5-14(18(20)17(13)11-16)10-12-2-7-15(19)8-3-12/h2-3,6-11H,4-5H2,1H3/b14-10+. The van der Waals surface area contributed by atoms with E-state index in [1.807, 2.05) is 48.5 Å². The van der Waals surface area contributed by atoms with Crippen LogP contribution in [-0.4, -0.2) is 12.9 Å². The predicted molar refractivity (Wildman–Crippen MR) is 87.8 cm³/mol. The number of rotatable bonds is 2. The average Bonchev–Trinajstić information content (AvgIpc) is 2.52. The third-order valence-electron chi connectivity index (χ3n) is 3.73. The van der Waals surface area contributed by atoms with E-state index in [2.05, 4.69) is 15.9 Å². The van der Waals surface area contributed by atoms with Crippen LogP contribution in [0.25, 0.3) is 6.08 Å². The van der Waals surface area contributed by atoms with Crippen molar-refractivity contribution in [3.63, 3.8) is 0 Å². The number of methoxy groups -OCH3 is 1. The quantitative estimate of drug-likeness (QED) is 0.741. The van der Waals surface area contributed by atoms with Crippen molar-refractivity contribution in [1.29, 1.82) is 0 Å². The first-order valence-electron chi connectivity index (χ1n) is 6.85. The van der Waals surface area contributed by atoms with E-state index in [1.54, 1.807) is 7.11 Å². The first kappa shape index (κ1) is 14.1. The number of aryl methyl sites for hydroxylation is 1. The SMILES string of the molecule is COc1ccc2c(c1)C(=O)/C(=C/c1ccc(Br)cc1)CC2. The van der Waals surface area contributed by atoms with Gasteiger partial charge in [0, 0.05) is 15.6 Å². The molecule has 21 heavy (non-hydrogen) atoms. The zero-order valence-corrected chi connectivity index (χ0v) is 13.3. The highest BCUT2D eigenvalue weighted by molar-refractivity contribution is 9.10.